The third-order valence-electron chi connectivity index (χ3n) is 6.01. The number of amides is 1. The number of aromatic nitrogens is 3. The molecule has 7 nitrogen and oxygen atoms in total. The van der Waals surface area contributed by atoms with Crippen LogP contribution in [0.25, 0.3) is 0 Å². The Balaban J connectivity index is 1.37. The minimum absolute atomic E-state index is 0.0930. The van der Waals surface area contributed by atoms with Crippen LogP contribution in [0.2, 0.25) is 0 Å². The zero-order valence-electron chi connectivity index (χ0n) is 16.6. The van der Waals surface area contributed by atoms with Crippen LogP contribution in [0, 0.1) is 5.92 Å². The summed E-state index contributed by atoms with van der Waals surface area (Å²) < 4.78 is 14.1. The Morgan fingerprint density at radius 1 is 1.29 bits per heavy atom. The number of fused-ring (bicyclic) bond motifs is 1. The largest absolute Gasteiger partial charge is 0.487 e. The lowest BCUT2D eigenvalue weighted by molar-refractivity contribution is -0.149. The van der Waals surface area contributed by atoms with Gasteiger partial charge in [-0.15, -0.1) is 5.10 Å². The second-order valence-electron chi connectivity index (χ2n) is 7.85. The minimum Gasteiger partial charge on any atom is -0.487 e. The average molecular weight is 384 g/mol. The van der Waals surface area contributed by atoms with Crippen LogP contribution in [0.4, 0.5) is 0 Å². The van der Waals surface area contributed by atoms with Crippen molar-refractivity contribution in [2.45, 2.75) is 58.5 Å². The molecule has 28 heavy (non-hydrogen) atoms. The van der Waals surface area contributed by atoms with Crippen LogP contribution in [-0.2, 0) is 29.3 Å². The molecule has 1 fully saturated rings. The van der Waals surface area contributed by atoms with E-state index in [4.69, 9.17) is 9.47 Å². The summed E-state index contributed by atoms with van der Waals surface area (Å²) in [5.74, 6) is 1.17. The molecular formula is C21H28N4O3. The van der Waals surface area contributed by atoms with Gasteiger partial charge in [-0.25, -0.2) is 4.68 Å². The van der Waals surface area contributed by atoms with Crippen molar-refractivity contribution in [2.24, 2.45) is 5.92 Å². The normalized spacial score (nSPS) is 19.3. The van der Waals surface area contributed by atoms with Gasteiger partial charge in [0.1, 0.15) is 18.1 Å². The van der Waals surface area contributed by atoms with Crippen molar-refractivity contribution >= 4 is 5.91 Å². The Hall–Kier alpha value is -2.41. The third kappa shape index (κ3) is 3.76. The number of ether oxygens (including phenoxy) is 2. The monoisotopic (exact) mass is 384 g/mol. The first-order valence-corrected chi connectivity index (χ1v) is 10.1. The predicted molar refractivity (Wildman–Crippen MR) is 104 cm³/mol. The molecule has 1 saturated heterocycles. The molecule has 0 N–H and O–H groups in total. The quantitative estimate of drug-likeness (QED) is 0.793. The van der Waals surface area contributed by atoms with Gasteiger partial charge in [0, 0.05) is 19.0 Å². The molecule has 1 atom stereocenters. The van der Waals surface area contributed by atoms with Crippen LogP contribution >= 0.6 is 0 Å². The summed E-state index contributed by atoms with van der Waals surface area (Å²) >= 11 is 0. The van der Waals surface area contributed by atoms with E-state index in [1.807, 2.05) is 46.8 Å². The topological polar surface area (TPSA) is 69.5 Å². The highest BCUT2D eigenvalue weighted by atomic mass is 16.5. The van der Waals surface area contributed by atoms with Gasteiger partial charge in [-0.05, 0) is 31.4 Å². The van der Waals surface area contributed by atoms with Gasteiger partial charge in [0.2, 0.25) is 5.91 Å². The second kappa shape index (κ2) is 7.91. The minimum atomic E-state index is -0.246. The molecule has 0 bridgehead atoms. The van der Waals surface area contributed by atoms with E-state index < -0.39 is 0 Å². The van der Waals surface area contributed by atoms with Gasteiger partial charge >= 0.3 is 0 Å². The van der Waals surface area contributed by atoms with Crippen LogP contribution in [0.1, 0.15) is 44.5 Å². The van der Waals surface area contributed by atoms with Gasteiger partial charge in [-0.2, -0.15) is 0 Å². The lowest BCUT2D eigenvalue weighted by Gasteiger charge is -2.44. The molecule has 2 aliphatic heterocycles. The molecule has 150 valence electrons. The summed E-state index contributed by atoms with van der Waals surface area (Å²) in [6.45, 7) is 7.11. The number of carbonyl (C=O) groups is 1. The lowest BCUT2D eigenvalue weighted by atomic mass is 9.89. The zero-order chi connectivity index (χ0) is 19.6. The molecule has 4 rings (SSSR count). The van der Waals surface area contributed by atoms with Gasteiger partial charge < -0.3 is 14.4 Å². The maximum atomic E-state index is 12.4. The highest BCUT2D eigenvalue weighted by Crippen LogP contribution is 2.34. The smallest absolute Gasteiger partial charge is 0.225 e. The fourth-order valence-corrected chi connectivity index (χ4v) is 3.90. The molecule has 1 aromatic heterocycles. The first kappa shape index (κ1) is 18.9. The zero-order valence-corrected chi connectivity index (χ0v) is 16.6. The number of hydrogen-bond acceptors (Lipinski definition) is 5. The Bertz CT molecular complexity index is 812. The van der Waals surface area contributed by atoms with Gasteiger partial charge in [0.25, 0.3) is 0 Å². The van der Waals surface area contributed by atoms with E-state index in [0.717, 1.165) is 49.5 Å². The number of para-hydroxylation sites is 1. The van der Waals surface area contributed by atoms with Crippen LogP contribution in [-0.4, -0.2) is 44.5 Å². The van der Waals surface area contributed by atoms with E-state index >= 15 is 0 Å². The highest BCUT2D eigenvalue weighted by molar-refractivity contribution is 5.78. The van der Waals surface area contributed by atoms with E-state index in [1.54, 1.807) is 0 Å². The SMILES string of the molecule is CCC(C)C(=O)N1CCC2(CC1)Cn1nnc(COc3ccccc3)c1CO2. The molecule has 0 saturated carbocycles. The summed E-state index contributed by atoms with van der Waals surface area (Å²) in [4.78, 5) is 14.4. The van der Waals surface area contributed by atoms with Crippen molar-refractivity contribution in [3.63, 3.8) is 0 Å². The molecule has 2 aromatic rings. The summed E-state index contributed by atoms with van der Waals surface area (Å²) in [6.07, 6.45) is 2.56. The molecule has 0 radical (unpaired) electrons. The highest BCUT2D eigenvalue weighted by Gasteiger charge is 2.41. The van der Waals surface area contributed by atoms with Gasteiger partial charge in [0.15, 0.2) is 0 Å². The number of rotatable bonds is 5. The number of benzene rings is 1. The Kier molecular flexibility index (Phi) is 5.35. The third-order valence-corrected chi connectivity index (χ3v) is 6.01. The average Bonchev–Trinajstić information content (AvgIpc) is 3.14. The van der Waals surface area contributed by atoms with Crippen LogP contribution in [0.15, 0.2) is 30.3 Å². The standard InChI is InChI=1S/C21H28N4O3/c1-3-16(2)20(26)24-11-9-21(10-12-24)15-25-19(14-28-21)18(22-23-25)13-27-17-7-5-4-6-8-17/h4-8,16H,3,9-15H2,1-2H3. The van der Waals surface area contributed by atoms with Crippen LogP contribution < -0.4 is 4.74 Å². The van der Waals surface area contributed by atoms with Crippen molar-refractivity contribution in [3.05, 3.63) is 41.7 Å². The van der Waals surface area contributed by atoms with E-state index in [-0.39, 0.29) is 17.4 Å². The van der Waals surface area contributed by atoms with E-state index in [9.17, 15) is 4.79 Å². The fourth-order valence-electron chi connectivity index (χ4n) is 3.90. The van der Waals surface area contributed by atoms with Gasteiger partial charge in [-0.1, -0.05) is 37.3 Å². The molecule has 2 aliphatic rings. The first-order chi connectivity index (χ1) is 13.6. The molecule has 0 aliphatic carbocycles. The molecule has 1 unspecified atom stereocenters. The van der Waals surface area contributed by atoms with Crippen molar-refractivity contribution in [1.29, 1.82) is 0 Å². The van der Waals surface area contributed by atoms with Crippen molar-refractivity contribution in [1.82, 2.24) is 19.9 Å². The summed E-state index contributed by atoms with van der Waals surface area (Å²) in [6, 6.07) is 9.71. The van der Waals surface area contributed by atoms with Gasteiger partial charge in [-0.3, -0.25) is 4.79 Å². The van der Waals surface area contributed by atoms with Crippen molar-refractivity contribution in [2.75, 3.05) is 13.1 Å². The van der Waals surface area contributed by atoms with Crippen LogP contribution in [0.5, 0.6) is 5.75 Å². The van der Waals surface area contributed by atoms with E-state index in [2.05, 4.69) is 17.2 Å². The number of carbonyl (C=O) groups excluding carboxylic acids is 1. The molecule has 1 spiro atoms. The second-order valence-corrected chi connectivity index (χ2v) is 7.85. The number of nitrogens with zero attached hydrogens (tertiary/aromatic N) is 4. The maximum absolute atomic E-state index is 12.4. The van der Waals surface area contributed by atoms with E-state index in [1.165, 1.54) is 0 Å². The van der Waals surface area contributed by atoms with Crippen molar-refractivity contribution < 1.29 is 14.3 Å². The summed E-state index contributed by atoms with van der Waals surface area (Å²) in [7, 11) is 0. The van der Waals surface area contributed by atoms with Gasteiger partial charge in [0.05, 0.1) is 24.4 Å². The molecule has 3 heterocycles. The first-order valence-electron chi connectivity index (χ1n) is 10.1. The molecule has 1 amide bonds. The Morgan fingerprint density at radius 3 is 2.75 bits per heavy atom. The molecule has 7 heteroatoms. The Morgan fingerprint density at radius 2 is 2.04 bits per heavy atom. The summed E-state index contributed by atoms with van der Waals surface area (Å²) in [5.41, 5.74) is 1.56. The van der Waals surface area contributed by atoms with Crippen LogP contribution in [0.3, 0.4) is 0 Å². The summed E-state index contributed by atoms with van der Waals surface area (Å²) in [5, 5.41) is 8.65. The number of likely N-dealkylation sites (tertiary alicyclic amines) is 1. The van der Waals surface area contributed by atoms with Crippen molar-refractivity contribution in [3.8, 4) is 5.75 Å². The lowest BCUT2D eigenvalue weighted by Crippen LogP contribution is -2.52. The maximum Gasteiger partial charge on any atom is 0.225 e. The predicted octanol–water partition coefficient (Wildman–Crippen LogP) is 2.79. The molecule has 1 aromatic carbocycles. The Labute approximate surface area is 165 Å². The fraction of sp³-hybridized carbons (Fsp3) is 0.571. The van der Waals surface area contributed by atoms with E-state index in [0.29, 0.717) is 19.8 Å². The number of piperidine rings is 1. The number of hydrogen-bond donors (Lipinski definition) is 0. The molecular weight excluding hydrogens is 356 g/mol.